The van der Waals surface area contributed by atoms with Gasteiger partial charge < -0.3 is 10.8 Å². The number of nitrogens with two attached hydrogens (primary N) is 1. The highest BCUT2D eigenvalue weighted by Crippen LogP contribution is 2.75. The van der Waals surface area contributed by atoms with Crippen LogP contribution in [0.25, 0.3) is 0 Å². The summed E-state index contributed by atoms with van der Waals surface area (Å²) in [5.74, 6) is 1.02. The van der Waals surface area contributed by atoms with Crippen molar-refractivity contribution in [3.05, 3.63) is 11.6 Å². The number of aliphatic carboxylic acids is 1. The van der Waals surface area contributed by atoms with Crippen molar-refractivity contribution in [3.63, 3.8) is 0 Å². The van der Waals surface area contributed by atoms with E-state index < -0.39 is 11.4 Å². The van der Waals surface area contributed by atoms with Crippen molar-refractivity contribution in [2.45, 2.75) is 119 Å². The van der Waals surface area contributed by atoms with Gasteiger partial charge >= 0.3 is 5.97 Å². The Morgan fingerprint density at radius 1 is 0.909 bits per heavy atom. The van der Waals surface area contributed by atoms with Crippen LogP contribution in [-0.2, 0) is 4.79 Å². The molecular weight excluding hydrogens is 406 g/mol. The van der Waals surface area contributed by atoms with E-state index in [1.54, 1.807) is 0 Å². The summed E-state index contributed by atoms with van der Waals surface area (Å²) in [6.07, 6.45) is 13.4. The van der Waals surface area contributed by atoms with Gasteiger partial charge in [0, 0.05) is 6.04 Å². The predicted molar refractivity (Wildman–Crippen MR) is 135 cm³/mol. The van der Waals surface area contributed by atoms with Crippen molar-refractivity contribution in [3.8, 4) is 0 Å². The monoisotopic (exact) mass is 455 g/mol. The summed E-state index contributed by atoms with van der Waals surface area (Å²) in [4.78, 5) is 12.8. The highest BCUT2D eigenvalue weighted by molar-refractivity contribution is 5.76. The molecule has 0 spiro atoms. The maximum atomic E-state index is 12.8. The molecule has 5 aliphatic rings. The smallest absolute Gasteiger partial charge is 0.310 e. The van der Waals surface area contributed by atoms with Crippen molar-refractivity contribution in [2.24, 2.45) is 56.0 Å². The summed E-state index contributed by atoms with van der Waals surface area (Å²) in [6, 6.07) is 0.306. The Labute approximate surface area is 202 Å². The van der Waals surface area contributed by atoms with Crippen molar-refractivity contribution >= 4 is 5.97 Å². The van der Waals surface area contributed by atoms with E-state index in [9.17, 15) is 9.90 Å². The lowest BCUT2D eigenvalue weighted by molar-refractivity contribution is -0.190. The van der Waals surface area contributed by atoms with Gasteiger partial charge in [-0.3, -0.25) is 4.79 Å². The average Bonchev–Trinajstić information content (AvgIpc) is 2.71. The van der Waals surface area contributed by atoms with Gasteiger partial charge in [-0.2, -0.15) is 0 Å². The van der Waals surface area contributed by atoms with Gasteiger partial charge in [-0.15, -0.1) is 0 Å². The van der Waals surface area contributed by atoms with Crippen molar-refractivity contribution in [1.82, 2.24) is 0 Å². The molecule has 33 heavy (non-hydrogen) atoms. The zero-order valence-electron chi connectivity index (χ0n) is 22.4. The summed E-state index contributed by atoms with van der Waals surface area (Å²) in [7, 11) is 0. The van der Waals surface area contributed by atoms with Gasteiger partial charge in [0.15, 0.2) is 0 Å². The Morgan fingerprint density at radius 2 is 1.58 bits per heavy atom. The van der Waals surface area contributed by atoms with Crippen LogP contribution in [0, 0.1) is 50.2 Å². The Morgan fingerprint density at radius 3 is 2.24 bits per heavy atom. The van der Waals surface area contributed by atoms with E-state index in [1.807, 2.05) is 0 Å². The third-order valence-electron chi connectivity index (χ3n) is 13.2. The van der Waals surface area contributed by atoms with Crippen LogP contribution < -0.4 is 5.73 Å². The van der Waals surface area contributed by atoms with Crippen molar-refractivity contribution in [2.75, 3.05) is 0 Å². The highest BCUT2D eigenvalue weighted by Gasteiger charge is 2.69. The molecule has 3 N–H and O–H groups in total. The van der Waals surface area contributed by atoms with Gasteiger partial charge in [-0.05, 0) is 109 Å². The topological polar surface area (TPSA) is 63.3 Å². The predicted octanol–water partition coefficient (Wildman–Crippen LogP) is 7.20. The van der Waals surface area contributed by atoms with Crippen molar-refractivity contribution < 1.29 is 9.90 Å². The van der Waals surface area contributed by atoms with E-state index in [2.05, 4.69) is 54.5 Å². The second-order valence-electron chi connectivity index (χ2n) is 15.1. The maximum absolute atomic E-state index is 12.8. The Balaban J connectivity index is 1.60. The average molecular weight is 456 g/mol. The minimum absolute atomic E-state index is 0.116. The summed E-state index contributed by atoms with van der Waals surface area (Å²) in [5.41, 5.74) is 8.79. The molecule has 3 heteroatoms. The summed E-state index contributed by atoms with van der Waals surface area (Å²) >= 11 is 0. The van der Waals surface area contributed by atoms with E-state index >= 15 is 0 Å². The van der Waals surface area contributed by atoms with Gasteiger partial charge in [-0.25, -0.2) is 0 Å². The molecule has 0 heterocycles. The first-order valence-electron chi connectivity index (χ1n) is 13.8. The van der Waals surface area contributed by atoms with Gasteiger partial charge in [0.2, 0.25) is 0 Å². The van der Waals surface area contributed by atoms with E-state index in [1.165, 1.54) is 24.8 Å². The summed E-state index contributed by atoms with van der Waals surface area (Å²) in [5, 5.41) is 10.5. The molecule has 0 saturated heterocycles. The van der Waals surface area contributed by atoms with Crippen LogP contribution in [0.4, 0.5) is 0 Å². The lowest BCUT2D eigenvalue weighted by atomic mass is 9.33. The van der Waals surface area contributed by atoms with Crippen molar-refractivity contribution in [1.29, 1.82) is 0 Å². The highest BCUT2D eigenvalue weighted by atomic mass is 16.4. The first-order chi connectivity index (χ1) is 15.1. The molecule has 8 atom stereocenters. The zero-order chi connectivity index (χ0) is 24.2. The van der Waals surface area contributed by atoms with Crippen LogP contribution in [0.1, 0.15) is 113 Å². The van der Waals surface area contributed by atoms with Gasteiger partial charge in [0.25, 0.3) is 0 Å². The molecule has 0 aromatic carbocycles. The molecule has 0 unspecified atom stereocenters. The number of hydrogen-bond acceptors (Lipinski definition) is 2. The molecular formula is C30H49NO2. The number of fused-ring (bicyclic) bond motifs is 7. The first-order valence-corrected chi connectivity index (χ1v) is 13.8. The first kappa shape index (κ1) is 23.9. The van der Waals surface area contributed by atoms with E-state index in [0.717, 1.165) is 44.9 Å². The molecule has 5 rings (SSSR count). The van der Waals surface area contributed by atoms with E-state index in [4.69, 9.17) is 5.73 Å². The molecule has 0 aromatic rings. The molecule has 5 aliphatic carbocycles. The normalized spacial score (nSPS) is 52.4. The molecule has 0 bridgehead atoms. The quantitative estimate of drug-likeness (QED) is 0.411. The van der Waals surface area contributed by atoms with Gasteiger partial charge in [0.05, 0.1) is 5.41 Å². The number of allylic oxidation sites excluding steroid dienone is 2. The molecule has 4 saturated carbocycles. The zero-order valence-corrected chi connectivity index (χ0v) is 22.4. The van der Waals surface area contributed by atoms with E-state index in [0.29, 0.717) is 23.3 Å². The molecule has 4 fully saturated rings. The Bertz CT molecular complexity index is 888. The number of hydrogen-bond donors (Lipinski definition) is 2. The fourth-order valence-corrected chi connectivity index (χ4v) is 10.7. The molecule has 186 valence electrons. The molecule has 0 aliphatic heterocycles. The number of rotatable bonds is 1. The summed E-state index contributed by atoms with van der Waals surface area (Å²) in [6.45, 7) is 17.3. The number of carboxylic acids is 1. The van der Waals surface area contributed by atoms with Crippen LogP contribution in [0.15, 0.2) is 11.6 Å². The largest absolute Gasteiger partial charge is 0.481 e. The molecule has 0 amide bonds. The fraction of sp³-hybridized carbons (Fsp3) is 0.900. The minimum Gasteiger partial charge on any atom is -0.481 e. The second-order valence-corrected chi connectivity index (χ2v) is 15.1. The lowest BCUT2D eigenvalue weighted by Crippen LogP contribution is -2.65. The van der Waals surface area contributed by atoms with Gasteiger partial charge in [-0.1, -0.05) is 60.1 Å². The summed E-state index contributed by atoms with van der Waals surface area (Å²) < 4.78 is 0. The molecule has 3 nitrogen and oxygen atoms in total. The number of carboxylic acid groups (broad SMARTS) is 1. The molecule has 0 radical (unpaired) electrons. The standard InChI is InChI=1S/C30H49NO2/c1-25(2)14-16-30(24(32)33)17-15-28(6)19(20(30)18-25)8-9-22-27(5)12-11-23(31)26(3,4)21(27)10-13-29(22,28)7/h8,20-23H,9-18,31H2,1-7H3,(H,32,33)/t20-,21-,22+,23-,27-,28+,29+,30-/m0/s1. The number of carbonyl (C=O) groups is 1. The molecule has 0 aromatic heterocycles. The maximum Gasteiger partial charge on any atom is 0.310 e. The van der Waals surface area contributed by atoms with Crippen LogP contribution in [-0.4, -0.2) is 17.1 Å². The third-order valence-corrected chi connectivity index (χ3v) is 13.2. The van der Waals surface area contributed by atoms with Gasteiger partial charge in [0.1, 0.15) is 0 Å². The Kier molecular flexibility index (Phi) is 4.99. The van der Waals surface area contributed by atoms with Crippen LogP contribution in [0.3, 0.4) is 0 Å². The SMILES string of the molecule is CC1(C)CC[C@]2(C(=O)O)CC[C@]3(C)C(=CC[C@@H]4[C@@]5(C)CC[C@H](N)C(C)(C)[C@@H]5CC[C@]43C)[C@@H]2C1. The van der Waals surface area contributed by atoms with Crippen LogP contribution >= 0.6 is 0 Å². The van der Waals surface area contributed by atoms with Crippen LogP contribution in [0.2, 0.25) is 0 Å². The van der Waals surface area contributed by atoms with E-state index in [-0.39, 0.29) is 27.6 Å². The van der Waals surface area contributed by atoms with Crippen LogP contribution in [0.5, 0.6) is 0 Å². The fourth-order valence-electron chi connectivity index (χ4n) is 10.7. The Hall–Kier alpha value is -0.830. The minimum atomic E-state index is -0.537. The lowest BCUT2D eigenvalue weighted by Gasteiger charge is -2.71. The second kappa shape index (κ2) is 6.89. The third kappa shape index (κ3) is 2.87.